The Labute approximate surface area is 113 Å². The molecule has 108 valence electrons. The Hall–Kier alpha value is -2.55. The van der Waals surface area contributed by atoms with Crippen molar-refractivity contribution in [1.82, 2.24) is 9.97 Å². The van der Waals surface area contributed by atoms with Gasteiger partial charge in [-0.3, -0.25) is 4.79 Å². The van der Waals surface area contributed by atoms with Gasteiger partial charge in [-0.15, -0.1) is 0 Å². The standard InChI is InChI=1S/C11H13N3O6/c1-2-19-11(18)7(15)5-20-10(17)6-3-13-9(8(12)16)14-4-6/h3-4,7,15H,2,5H2,1H3,(H2,12,16). The molecule has 1 unspecified atom stereocenters. The number of aliphatic hydroxyl groups excluding tert-OH is 1. The highest BCUT2D eigenvalue weighted by Gasteiger charge is 2.19. The SMILES string of the molecule is CCOC(=O)C(O)COC(=O)c1cnc(C(N)=O)nc1. The Kier molecular flexibility index (Phi) is 5.54. The molecule has 0 aliphatic carbocycles. The van der Waals surface area contributed by atoms with Gasteiger partial charge in [0.15, 0.2) is 6.10 Å². The molecule has 0 aromatic carbocycles. The van der Waals surface area contributed by atoms with E-state index >= 15 is 0 Å². The van der Waals surface area contributed by atoms with Gasteiger partial charge in [-0.1, -0.05) is 0 Å². The third-order valence-corrected chi connectivity index (χ3v) is 2.04. The first-order chi connectivity index (χ1) is 9.45. The minimum Gasteiger partial charge on any atom is -0.464 e. The van der Waals surface area contributed by atoms with Crippen LogP contribution in [0.2, 0.25) is 0 Å². The summed E-state index contributed by atoms with van der Waals surface area (Å²) in [6, 6.07) is 0. The fourth-order valence-electron chi connectivity index (χ4n) is 1.11. The Morgan fingerprint density at radius 1 is 1.30 bits per heavy atom. The summed E-state index contributed by atoms with van der Waals surface area (Å²) >= 11 is 0. The number of ether oxygens (including phenoxy) is 2. The Morgan fingerprint density at radius 2 is 1.90 bits per heavy atom. The van der Waals surface area contributed by atoms with Crippen LogP contribution in [-0.4, -0.2) is 52.2 Å². The first-order valence-electron chi connectivity index (χ1n) is 5.59. The molecular weight excluding hydrogens is 270 g/mol. The third-order valence-electron chi connectivity index (χ3n) is 2.04. The zero-order valence-corrected chi connectivity index (χ0v) is 10.6. The average molecular weight is 283 g/mol. The molecule has 1 heterocycles. The van der Waals surface area contributed by atoms with Gasteiger partial charge in [-0.25, -0.2) is 19.6 Å². The fraction of sp³-hybridized carbons (Fsp3) is 0.364. The van der Waals surface area contributed by atoms with Crippen molar-refractivity contribution >= 4 is 17.8 Å². The predicted molar refractivity (Wildman–Crippen MR) is 63.5 cm³/mol. The number of aliphatic hydroxyl groups is 1. The zero-order valence-electron chi connectivity index (χ0n) is 10.6. The zero-order chi connectivity index (χ0) is 15.1. The highest BCUT2D eigenvalue weighted by Crippen LogP contribution is 2.00. The average Bonchev–Trinajstić information content (AvgIpc) is 2.44. The Balaban J connectivity index is 2.54. The van der Waals surface area contributed by atoms with E-state index in [0.717, 1.165) is 12.4 Å². The molecule has 9 nitrogen and oxygen atoms in total. The number of hydrogen-bond donors (Lipinski definition) is 2. The van der Waals surface area contributed by atoms with Crippen molar-refractivity contribution in [3.05, 3.63) is 23.8 Å². The van der Waals surface area contributed by atoms with Crippen molar-refractivity contribution in [3.63, 3.8) is 0 Å². The van der Waals surface area contributed by atoms with E-state index in [0.29, 0.717) is 0 Å². The van der Waals surface area contributed by atoms with Crippen molar-refractivity contribution in [1.29, 1.82) is 0 Å². The van der Waals surface area contributed by atoms with E-state index in [-0.39, 0.29) is 18.0 Å². The van der Waals surface area contributed by atoms with E-state index in [1.807, 2.05) is 0 Å². The summed E-state index contributed by atoms with van der Waals surface area (Å²) in [4.78, 5) is 40.4. The van der Waals surface area contributed by atoms with Crippen molar-refractivity contribution in [3.8, 4) is 0 Å². The van der Waals surface area contributed by atoms with Crippen LogP contribution in [0.3, 0.4) is 0 Å². The molecule has 20 heavy (non-hydrogen) atoms. The van der Waals surface area contributed by atoms with Gasteiger partial charge < -0.3 is 20.3 Å². The predicted octanol–water partition coefficient (Wildman–Crippen LogP) is -1.34. The molecule has 0 bridgehead atoms. The van der Waals surface area contributed by atoms with Gasteiger partial charge >= 0.3 is 11.9 Å². The molecule has 0 fully saturated rings. The molecule has 0 radical (unpaired) electrons. The number of nitrogens with zero attached hydrogens (tertiary/aromatic N) is 2. The fourth-order valence-corrected chi connectivity index (χ4v) is 1.11. The van der Waals surface area contributed by atoms with Crippen molar-refractivity contribution in [2.45, 2.75) is 13.0 Å². The van der Waals surface area contributed by atoms with Crippen molar-refractivity contribution in [2.75, 3.05) is 13.2 Å². The van der Waals surface area contributed by atoms with Gasteiger partial charge in [0.25, 0.3) is 5.91 Å². The molecule has 1 amide bonds. The maximum atomic E-state index is 11.5. The van der Waals surface area contributed by atoms with Gasteiger partial charge in [0.2, 0.25) is 5.82 Å². The number of carbonyl (C=O) groups excluding carboxylic acids is 3. The highest BCUT2D eigenvalue weighted by atomic mass is 16.6. The molecule has 1 rings (SSSR count). The first-order valence-corrected chi connectivity index (χ1v) is 5.59. The van der Waals surface area contributed by atoms with Crippen LogP contribution in [-0.2, 0) is 14.3 Å². The third kappa shape index (κ3) is 4.28. The lowest BCUT2D eigenvalue weighted by molar-refractivity contribution is -0.155. The molecule has 1 atom stereocenters. The van der Waals surface area contributed by atoms with E-state index in [4.69, 9.17) is 5.73 Å². The number of aromatic nitrogens is 2. The first kappa shape index (κ1) is 15.5. The monoisotopic (exact) mass is 283 g/mol. The molecule has 9 heteroatoms. The lowest BCUT2D eigenvalue weighted by Crippen LogP contribution is -2.29. The minimum absolute atomic E-state index is 0.0499. The quantitative estimate of drug-likeness (QED) is 0.610. The summed E-state index contributed by atoms with van der Waals surface area (Å²) in [6.45, 7) is 1.12. The lowest BCUT2D eigenvalue weighted by atomic mass is 10.3. The normalized spacial score (nSPS) is 11.5. The van der Waals surface area contributed by atoms with Crippen LogP contribution < -0.4 is 5.73 Å². The number of esters is 2. The second-order valence-corrected chi connectivity index (χ2v) is 3.53. The number of carbonyl (C=O) groups is 3. The minimum atomic E-state index is -1.57. The summed E-state index contributed by atoms with van der Waals surface area (Å²) in [5, 5.41) is 9.32. The molecule has 0 saturated carbocycles. The van der Waals surface area contributed by atoms with Crippen molar-refractivity contribution in [2.24, 2.45) is 5.73 Å². The van der Waals surface area contributed by atoms with Crippen LogP contribution in [0.1, 0.15) is 27.9 Å². The lowest BCUT2D eigenvalue weighted by Gasteiger charge is -2.10. The molecule has 1 aromatic rings. The Morgan fingerprint density at radius 3 is 2.40 bits per heavy atom. The topological polar surface area (TPSA) is 142 Å². The van der Waals surface area contributed by atoms with Crippen LogP contribution in [0.4, 0.5) is 0 Å². The smallest absolute Gasteiger partial charge is 0.341 e. The van der Waals surface area contributed by atoms with Gasteiger partial charge in [-0.05, 0) is 6.92 Å². The molecular formula is C11H13N3O6. The van der Waals surface area contributed by atoms with Gasteiger partial charge in [-0.2, -0.15) is 0 Å². The molecule has 0 spiro atoms. The molecule has 3 N–H and O–H groups in total. The summed E-state index contributed by atoms with van der Waals surface area (Å²) in [7, 11) is 0. The highest BCUT2D eigenvalue weighted by molar-refractivity contribution is 5.91. The van der Waals surface area contributed by atoms with Gasteiger partial charge in [0.05, 0.1) is 12.2 Å². The van der Waals surface area contributed by atoms with E-state index in [1.54, 1.807) is 6.92 Å². The summed E-state index contributed by atoms with van der Waals surface area (Å²) < 4.78 is 9.20. The van der Waals surface area contributed by atoms with Crippen LogP contribution in [0.5, 0.6) is 0 Å². The maximum Gasteiger partial charge on any atom is 0.341 e. The van der Waals surface area contributed by atoms with Crippen LogP contribution in [0, 0.1) is 0 Å². The van der Waals surface area contributed by atoms with Crippen LogP contribution >= 0.6 is 0 Å². The van der Waals surface area contributed by atoms with Crippen LogP contribution in [0.15, 0.2) is 12.4 Å². The largest absolute Gasteiger partial charge is 0.464 e. The second-order valence-electron chi connectivity index (χ2n) is 3.53. The van der Waals surface area contributed by atoms with E-state index in [2.05, 4.69) is 19.4 Å². The Bertz CT molecular complexity index is 501. The van der Waals surface area contributed by atoms with E-state index < -0.39 is 30.6 Å². The van der Waals surface area contributed by atoms with Crippen LogP contribution in [0.25, 0.3) is 0 Å². The maximum absolute atomic E-state index is 11.5. The van der Waals surface area contributed by atoms with E-state index in [9.17, 15) is 19.5 Å². The van der Waals surface area contributed by atoms with Crippen molar-refractivity contribution < 1.29 is 29.0 Å². The molecule has 1 aromatic heterocycles. The van der Waals surface area contributed by atoms with E-state index in [1.165, 1.54) is 0 Å². The summed E-state index contributed by atoms with van der Waals surface area (Å²) in [5.41, 5.74) is 4.89. The van der Waals surface area contributed by atoms with Gasteiger partial charge in [0, 0.05) is 12.4 Å². The summed E-state index contributed by atoms with van der Waals surface area (Å²) in [6.07, 6.45) is 0.530. The molecule has 0 aliphatic rings. The summed E-state index contributed by atoms with van der Waals surface area (Å²) in [5.74, 6) is -2.82. The molecule has 0 saturated heterocycles. The van der Waals surface area contributed by atoms with Gasteiger partial charge in [0.1, 0.15) is 6.61 Å². The molecule has 0 aliphatic heterocycles. The number of hydrogen-bond acceptors (Lipinski definition) is 8. The number of primary amides is 1. The number of amides is 1. The second kappa shape index (κ2) is 7.14. The number of nitrogens with two attached hydrogens (primary N) is 1. The number of rotatable bonds is 6.